The molecule has 0 radical (unpaired) electrons. The van der Waals surface area contributed by atoms with E-state index in [0.717, 1.165) is 12.0 Å². The Balaban J connectivity index is 1.65. The molecule has 1 aliphatic heterocycles. The minimum Gasteiger partial charge on any atom is -0.349 e. The zero-order valence-corrected chi connectivity index (χ0v) is 17.3. The zero-order valence-electron chi connectivity index (χ0n) is 16.5. The molecule has 1 N–H and O–H groups in total. The fourth-order valence-corrected chi connectivity index (χ4v) is 5.12. The van der Waals surface area contributed by atoms with Crippen molar-refractivity contribution in [2.75, 3.05) is 13.1 Å². The van der Waals surface area contributed by atoms with Crippen molar-refractivity contribution in [3.63, 3.8) is 0 Å². The fourth-order valence-electron chi connectivity index (χ4n) is 3.57. The van der Waals surface area contributed by atoms with Gasteiger partial charge in [-0.1, -0.05) is 49.4 Å². The topological polar surface area (TPSA) is 66.5 Å². The lowest BCUT2D eigenvalue weighted by atomic mass is 9.97. The molecule has 0 saturated carbocycles. The van der Waals surface area contributed by atoms with Crippen molar-refractivity contribution in [3.8, 4) is 0 Å². The summed E-state index contributed by atoms with van der Waals surface area (Å²) in [4.78, 5) is 13.1. The summed E-state index contributed by atoms with van der Waals surface area (Å²) >= 11 is 0. The van der Waals surface area contributed by atoms with Gasteiger partial charge >= 0.3 is 0 Å². The highest BCUT2D eigenvalue weighted by molar-refractivity contribution is 7.89. The number of rotatable bonds is 6. The standard InChI is InChI=1S/C22H28N2O3S/c1-3-18-11-13-19(14-12-18)17(2)23-22(25)20-8-7-15-24(16-20)28(26,27)21-9-5-4-6-10-21/h4-6,9-14,17,20H,3,7-8,15-16H2,1-2H3,(H,23,25)/t17-,20+/m1/s1. The summed E-state index contributed by atoms with van der Waals surface area (Å²) in [5.74, 6) is -0.412. The minimum atomic E-state index is -3.56. The summed E-state index contributed by atoms with van der Waals surface area (Å²) in [7, 11) is -3.56. The second-order valence-corrected chi connectivity index (χ2v) is 9.28. The third kappa shape index (κ3) is 4.62. The quantitative estimate of drug-likeness (QED) is 0.807. The van der Waals surface area contributed by atoms with Crippen LogP contribution in [0, 0.1) is 5.92 Å². The van der Waals surface area contributed by atoms with Crippen LogP contribution in [0.4, 0.5) is 0 Å². The van der Waals surface area contributed by atoms with Gasteiger partial charge in [0.1, 0.15) is 0 Å². The number of sulfonamides is 1. The Bertz CT molecular complexity index is 895. The molecule has 1 aliphatic rings. The summed E-state index contributed by atoms with van der Waals surface area (Å²) in [6.45, 7) is 4.75. The average Bonchev–Trinajstić information content (AvgIpc) is 2.74. The van der Waals surface area contributed by atoms with E-state index >= 15 is 0 Å². The molecular weight excluding hydrogens is 372 g/mol. The zero-order chi connectivity index (χ0) is 20.1. The second kappa shape index (κ2) is 8.88. The Morgan fingerprint density at radius 1 is 1.14 bits per heavy atom. The van der Waals surface area contributed by atoms with Gasteiger partial charge < -0.3 is 5.32 Å². The smallest absolute Gasteiger partial charge is 0.243 e. The van der Waals surface area contributed by atoms with E-state index in [4.69, 9.17) is 0 Å². The van der Waals surface area contributed by atoms with E-state index in [1.807, 2.05) is 19.1 Å². The highest BCUT2D eigenvalue weighted by Crippen LogP contribution is 2.24. The lowest BCUT2D eigenvalue weighted by Crippen LogP contribution is -2.45. The summed E-state index contributed by atoms with van der Waals surface area (Å²) in [5.41, 5.74) is 2.31. The molecule has 1 fully saturated rings. The number of nitrogens with zero attached hydrogens (tertiary/aromatic N) is 1. The van der Waals surface area contributed by atoms with Crippen molar-refractivity contribution in [3.05, 3.63) is 65.7 Å². The molecule has 3 rings (SSSR count). The van der Waals surface area contributed by atoms with Crippen molar-refractivity contribution >= 4 is 15.9 Å². The van der Waals surface area contributed by atoms with Gasteiger partial charge in [-0.2, -0.15) is 4.31 Å². The summed E-state index contributed by atoms with van der Waals surface area (Å²) in [6, 6.07) is 16.5. The van der Waals surface area contributed by atoms with Gasteiger partial charge in [0.2, 0.25) is 15.9 Å². The maximum Gasteiger partial charge on any atom is 0.243 e. The first-order valence-corrected chi connectivity index (χ1v) is 11.3. The molecule has 2 aromatic rings. The molecule has 0 bridgehead atoms. The number of hydrogen-bond donors (Lipinski definition) is 1. The van der Waals surface area contributed by atoms with Crippen LogP contribution in [0.5, 0.6) is 0 Å². The van der Waals surface area contributed by atoms with Gasteiger partial charge in [0.15, 0.2) is 0 Å². The third-order valence-corrected chi connectivity index (χ3v) is 7.26. The molecule has 0 aromatic heterocycles. The highest BCUT2D eigenvalue weighted by atomic mass is 32.2. The number of nitrogens with one attached hydrogen (secondary N) is 1. The van der Waals surface area contributed by atoms with Crippen molar-refractivity contribution < 1.29 is 13.2 Å². The lowest BCUT2D eigenvalue weighted by Gasteiger charge is -2.32. The third-order valence-electron chi connectivity index (χ3n) is 5.38. The molecule has 0 aliphatic carbocycles. The van der Waals surface area contributed by atoms with E-state index < -0.39 is 10.0 Å². The Morgan fingerprint density at radius 2 is 1.82 bits per heavy atom. The van der Waals surface area contributed by atoms with Gasteiger partial charge in [-0.3, -0.25) is 4.79 Å². The van der Waals surface area contributed by atoms with E-state index in [9.17, 15) is 13.2 Å². The van der Waals surface area contributed by atoms with Crippen LogP contribution in [0.3, 0.4) is 0 Å². The molecule has 6 heteroatoms. The first-order valence-electron chi connectivity index (χ1n) is 9.86. The number of aryl methyl sites for hydroxylation is 1. The second-order valence-electron chi connectivity index (χ2n) is 7.34. The van der Waals surface area contributed by atoms with Gasteiger partial charge in [-0.15, -0.1) is 0 Å². The van der Waals surface area contributed by atoms with Crippen LogP contribution >= 0.6 is 0 Å². The van der Waals surface area contributed by atoms with Gasteiger partial charge in [-0.05, 0) is 49.4 Å². The first-order chi connectivity index (χ1) is 13.4. The highest BCUT2D eigenvalue weighted by Gasteiger charge is 2.33. The number of benzene rings is 2. The molecule has 5 nitrogen and oxygen atoms in total. The van der Waals surface area contributed by atoms with Crippen LogP contribution in [-0.4, -0.2) is 31.7 Å². The number of hydrogen-bond acceptors (Lipinski definition) is 3. The van der Waals surface area contributed by atoms with Crippen molar-refractivity contribution in [2.24, 2.45) is 5.92 Å². The van der Waals surface area contributed by atoms with Crippen molar-refractivity contribution in [2.45, 2.75) is 44.0 Å². The minimum absolute atomic E-state index is 0.0833. The Kier molecular flexibility index (Phi) is 6.52. The van der Waals surface area contributed by atoms with Crippen molar-refractivity contribution in [1.82, 2.24) is 9.62 Å². The SMILES string of the molecule is CCc1ccc([C@@H](C)NC(=O)[C@H]2CCCN(S(=O)(=O)c3ccccc3)C2)cc1. The Morgan fingerprint density at radius 3 is 2.46 bits per heavy atom. The molecule has 1 saturated heterocycles. The lowest BCUT2D eigenvalue weighted by molar-refractivity contribution is -0.126. The van der Waals surface area contributed by atoms with Gasteiger partial charge in [0.25, 0.3) is 0 Å². The number of carbonyl (C=O) groups is 1. The van der Waals surface area contributed by atoms with Gasteiger partial charge in [-0.25, -0.2) is 8.42 Å². The van der Waals surface area contributed by atoms with E-state index in [1.54, 1.807) is 30.3 Å². The summed E-state index contributed by atoms with van der Waals surface area (Å²) in [5, 5.41) is 3.05. The van der Waals surface area contributed by atoms with E-state index in [0.29, 0.717) is 19.4 Å². The summed E-state index contributed by atoms with van der Waals surface area (Å²) in [6.07, 6.45) is 2.37. The molecule has 1 heterocycles. The maximum absolute atomic E-state index is 12.9. The maximum atomic E-state index is 12.9. The Labute approximate surface area is 167 Å². The average molecular weight is 401 g/mol. The molecule has 28 heavy (non-hydrogen) atoms. The molecule has 0 unspecified atom stereocenters. The van der Waals surface area contributed by atoms with E-state index in [1.165, 1.54) is 9.87 Å². The Hall–Kier alpha value is -2.18. The van der Waals surface area contributed by atoms with Gasteiger partial charge in [0.05, 0.1) is 16.9 Å². The monoisotopic (exact) mass is 400 g/mol. The van der Waals surface area contributed by atoms with E-state index in [2.05, 4.69) is 24.4 Å². The molecule has 2 aromatic carbocycles. The largest absolute Gasteiger partial charge is 0.349 e. The van der Waals surface area contributed by atoms with Gasteiger partial charge in [0, 0.05) is 13.1 Å². The molecule has 2 atom stereocenters. The molecular formula is C22H28N2O3S. The van der Waals surface area contributed by atoms with Crippen LogP contribution in [0.25, 0.3) is 0 Å². The fraction of sp³-hybridized carbons (Fsp3) is 0.409. The molecule has 1 amide bonds. The van der Waals surface area contributed by atoms with Crippen LogP contribution in [0.2, 0.25) is 0 Å². The first kappa shape index (κ1) is 20.6. The predicted molar refractivity (Wildman–Crippen MR) is 110 cm³/mol. The van der Waals surface area contributed by atoms with Crippen LogP contribution in [0.15, 0.2) is 59.5 Å². The normalized spacial score (nSPS) is 19.1. The molecule has 150 valence electrons. The summed E-state index contributed by atoms with van der Waals surface area (Å²) < 4.78 is 27.1. The number of carbonyl (C=O) groups excluding carboxylic acids is 1. The van der Waals surface area contributed by atoms with Crippen LogP contribution < -0.4 is 5.32 Å². The van der Waals surface area contributed by atoms with E-state index in [-0.39, 0.29) is 29.3 Å². The number of piperidine rings is 1. The van der Waals surface area contributed by atoms with Crippen LogP contribution in [0.1, 0.15) is 43.9 Å². The molecule has 0 spiro atoms. The predicted octanol–water partition coefficient (Wildman–Crippen LogP) is 3.53. The van der Waals surface area contributed by atoms with Crippen LogP contribution in [-0.2, 0) is 21.2 Å². The number of amides is 1. The van der Waals surface area contributed by atoms with Crippen molar-refractivity contribution in [1.29, 1.82) is 0 Å².